The maximum atomic E-state index is 11.7. The molecule has 1 aromatic heterocycles. The Morgan fingerprint density at radius 3 is 2.54 bits per heavy atom. The SMILES string of the molecule is CSP(=O)(O)OP(=O)(O)OCC1OC(n2ccc(=O)[nH]c2=O)C(O)C1O. The summed E-state index contributed by atoms with van der Waals surface area (Å²) in [5, 5.41) is 19.9. The summed E-state index contributed by atoms with van der Waals surface area (Å²) < 4.78 is 37.6. The molecule has 0 aromatic carbocycles. The van der Waals surface area contributed by atoms with Gasteiger partial charge in [-0.3, -0.25) is 18.9 Å². The summed E-state index contributed by atoms with van der Waals surface area (Å²) in [7, 11) is -4.96. The topological polar surface area (TPSA) is 198 Å². The van der Waals surface area contributed by atoms with Gasteiger partial charge < -0.3 is 24.7 Å². The number of aliphatic hydroxyl groups excluding tert-OH is 2. The Labute approximate surface area is 149 Å². The first-order valence-corrected chi connectivity index (χ1v) is 11.8. The molecule has 26 heavy (non-hydrogen) atoms. The van der Waals surface area contributed by atoms with Crippen LogP contribution in [0.2, 0.25) is 0 Å². The van der Waals surface area contributed by atoms with E-state index in [1.165, 1.54) is 6.26 Å². The number of aliphatic hydroxyl groups is 2. The standard InChI is InChI=1S/C10H16N2O11P2S/c1-26-25(19,20)23-24(17,18)21-4-5-7(14)8(15)9(22-5)12-3-2-6(13)11-10(12)16/h2-3,5,7-9,14-15H,4H2,1H3,(H,17,18)(H,19,20)(H,11,13,16). The van der Waals surface area contributed by atoms with Crippen LogP contribution >= 0.6 is 26.0 Å². The van der Waals surface area contributed by atoms with Crippen molar-refractivity contribution in [3.8, 4) is 0 Å². The number of H-pyrrole nitrogens is 1. The van der Waals surface area contributed by atoms with Crippen LogP contribution in [0.1, 0.15) is 6.23 Å². The normalized spacial score (nSPS) is 30.7. The molecule has 1 aromatic rings. The number of phosphoric acid groups is 1. The van der Waals surface area contributed by atoms with Gasteiger partial charge in [-0.2, -0.15) is 4.31 Å². The first-order valence-electron chi connectivity index (χ1n) is 6.86. The van der Waals surface area contributed by atoms with Crippen molar-refractivity contribution in [2.75, 3.05) is 12.9 Å². The van der Waals surface area contributed by atoms with Crippen LogP contribution in [-0.4, -0.2) is 60.7 Å². The number of nitrogens with zero attached hydrogens (tertiary/aromatic N) is 1. The monoisotopic (exact) mass is 434 g/mol. The van der Waals surface area contributed by atoms with Crippen LogP contribution in [0.25, 0.3) is 0 Å². The molecule has 0 saturated carbocycles. The summed E-state index contributed by atoms with van der Waals surface area (Å²) in [5.74, 6) is 0. The van der Waals surface area contributed by atoms with E-state index in [4.69, 9.17) is 4.74 Å². The summed E-state index contributed by atoms with van der Waals surface area (Å²) in [6.45, 7) is -5.20. The van der Waals surface area contributed by atoms with Crippen molar-refractivity contribution >= 4 is 26.0 Å². The maximum Gasteiger partial charge on any atom is 0.480 e. The van der Waals surface area contributed by atoms with Crippen molar-refractivity contribution in [1.29, 1.82) is 0 Å². The molecule has 16 heteroatoms. The molecule has 0 bridgehead atoms. The Bertz CT molecular complexity index is 856. The molecule has 0 aliphatic carbocycles. The first-order chi connectivity index (χ1) is 12.0. The molecule has 1 aliphatic heterocycles. The number of nitrogens with one attached hydrogen (secondary N) is 1. The molecule has 1 aliphatic rings. The van der Waals surface area contributed by atoms with Gasteiger partial charge in [0.25, 0.3) is 5.56 Å². The Morgan fingerprint density at radius 1 is 1.31 bits per heavy atom. The number of aromatic amines is 1. The molecule has 0 radical (unpaired) electrons. The van der Waals surface area contributed by atoms with E-state index < -0.39 is 57.0 Å². The van der Waals surface area contributed by atoms with Gasteiger partial charge in [0.2, 0.25) is 0 Å². The summed E-state index contributed by atoms with van der Waals surface area (Å²) >= 11 is 0.302. The minimum atomic E-state index is -4.96. The lowest BCUT2D eigenvalue weighted by Crippen LogP contribution is -2.37. The number of ether oxygens (including phenoxy) is 1. The average molecular weight is 434 g/mol. The quantitative estimate of drug-likeness (QED) is 0.320. The van der Waals surface area contributed by atoms with E-state index in [1.54, 1.807) is 0 Å². The number of rotatable bonds is 7. The lowest BCUT2D eigenvalue weighted by atomic mass is 10.1. The van der Waals surface area contributed by atoms with Crippen molar-refractivity contribution in [2.45, 2.75) is 24.5 Å². The average Bonchev–Trinajstić information content (AvgIpc) is 2.80. The number of hydrogen-bond acceptors (Lipinski definition) is 10. The highest BCUT2D eigenvalue weighted by Gasteiger charge is 2.45. The molecule has 2 heterocycles. The van der Waals surface area contributed by atoms with Gasteiger partial charge in [-0.15, -0.1) is 0 Å². The predicted molar refractivity (Wildman–Crippen MR) is 87.4 cm³/mol. The zero-order chi connectivity index (χ0) is 19.7. The van der Waals surface area contributed by atoms with Gasteiger partial charge >= 0.3 is 20.3 Å². The van der Waals surface area contributed by atoms with Crippen LogP contribution in [0.15, 0.2) is 21.9 Å². The summed E-state index contributed by atoms with van der Waals surface area (Å²) in [4.78, 5) is 43.3. The number of hydrogen-bond donors (Lipinski definition) is 5. The first kappa shape index (κ1) is 21.5. The maximum absolute atomic E-state index is 11.7. The van der Waals surface area contributed by atoms with E-state index in [1.807, 2.05) is 4.98 Å². The molecule has 5 N–H and O–H groups in total. The van der Waals surface area contributed by atoms with Crippen LogP contribution in [0.5, 0.6) is 0 Å². The highest BCUT2D eigenvalue weighted by Crippen LogP contribution is 2.66. The molecule has 1 saturated heterocycles. The zero-order valence-electron chi connectivity index (χ0n) is 13.1. The minimum Gasteiger partial charge on any atom is -0.387 e. The van der Waals surface area contributed by atoms with E-state index in [2.05, 4.69) is 8.83 Å². The van der Waals surface area contributed by atoms with Crippen LogP contribution in [-0.2, 0) is 22.7 Å². The summed E-state index contributed by atoms with van der Waals surface area (Å²) in [6, 6.07) is 0.991. The third-order valence-electron chi connectivity index (χ3n) is 3.30. The molecule has 2 rings (SSSR count). The molecule has 0 amide bonds. The van der Waals surface area contributed by atoms with Gasteiger partial charge in [-0.1, -0.05) is 0 Å². The van der Waals surface area contributed by atoms with Gasteiger partial charge in [-0.25, -0.2) is 13.9 Å². The Balaban J connectivity index is 2.08. The fraction of sp³-hybridized carbons (Fsp3) is 0.600. The van der Waals surface area contributed by atoms with Gasteiger partial charge in [0.15, 0.2) is 6.23 Å². The molecule has 13 nitrogen and oxygen atoms in total. The number of phosphoric ester groups is 1. The molecule has 148 valence electrons. The lowest BCUT2D eigenvalue weighted by Gasteiger charge is -2.18. The van der Waals surface area contributed by atoms with Crippen LogP contribution in [0.3, 0.4) is 0 Å². The van der Waals surface area contributed by atoms with Crippen molar-refractivity contribution in [3.05, 3.63) is 33.1 Å². The highest BCUT2D eigenvalue weighted by atomic mass is 32.7. The third kappa shape index (κ3) is 5.14. The van der Waals surface area contributed by atoms with Crippen LogP contribution in [0, 0.1) is 0 Å². The molecular weight excluding hydrogens is 418 g/mol. The van der Waals surface area contributed by atoms with Crippen molar-refractivity contribution in [2.24, 2.45) is 0 Å². The fourth-order valence-corrected chi connectivity index (χ4v) is 5.27. The van der Waals surface area contributed by atoms with Crippen molar-refractivity contribution in [3.63, 3.8) is 0 Å². The van der Waals surface area contributed by atoms with Crippen LogP contribution in [0.4, 0.5) is 0 Å². The Kier molecular flexibility index (Phi) is 6.67. The fourth-order valence-electron chi connectivity index (χ4n) is 2.08. The largest absolute Gasteiger partial charge is 0.480 e. The third-order valence-corrected chi connectivity index (χ3v) is 7.87. The molecule has 6 atom stereocenters. The van der Waals surface area contributed by atoms with Crippen molar-refractivity contribution < 1.29 is 42.7 Å². The Morgan fingerprint density at radius 2 is 1.96 bits per heavy atom. The predicted octanol–water partition coefficient (Wildman–Crippen LogP) is -1.25. The second-order valence-corrected chi connectivity index (χ2v) is 10.7. The molecular formula is C10H16N2O11P2S. The van der Waals surface area contributed by atoms with E-state index in [-0.39, 0.29) is 0 Å². The van der Waals surface area contributed by atoms with Crippen molar-refractivity contribution in [1.82, 2.24) is 9.55 Å². The summed E-state index contributed by atoms with van der Waals surface area (Å²) in [5.41, 5.74) is -1.59. The highest BCUT2D eigenvalue weighted by molar-refractivity contribution is 8.55. The second kappa shape index (κ2) is 8.07. The lowest BCUT2D eigenvalue weighted by molar-refractivity contribution is -0.0540. The van der Waals surface area contributed by atoms with E-state index in [0.717, 1.165) is 16.8 Å². The van der Waals surface area contributed by atoms with Gasteiger partial charge in [0.1, 0.15) is 18.3 Å². The van der Waals surface area contributed by atoms with E-state index >= 15 is 0 Å². The smallest absolute Gasteiger partial charge is 0.387 e. The summed E-state index contributed by atoms with van der Waals surface area (Å²) in [6.07, 6.45) is -3.82. The second-order valence-electron chi connectivity index (χ2n) is 5.06. The van der Waals surface area contributed by atoms with Gasteiger partial charge in [0, 0.05) is 12.3 Å². The Hall–Kier alpha value is -0.790. The zero-order valence-corrected chi connectivity index (χ0v) is 15.7. The molecule has 1 fully saturated rings. The van der Waals surface area contributed by atoms with E-state index in [0.29, 0.717) is 11.4 Å². The molecule has 0 spiro atoms. The minimum absolute atomic E-state index is 0.302. The van der Waals surface area contributed by atoms with Gasteiger partial charge in [0.05, 0.1) is 6.61 Å². The van der Waals surface area contributed by atoms with Gasteiger partial charge in [-0.05, 0) is 17.6 Å². The molecule has 6 unspecified atom stereocenters. The van der Waals surface area contributed by atoms with E-state index in [9.17, 15) is 38.7 Å². The number of aromatic nitrogens is 2. The van der Waals surface area contributed by atoms with Crippen LogP contribution < -0.4 is 11.2 Å².